The quantitative estimate of drug-likeness (QED) is 0.570. The number of aryl methyl sites for hydroxylation is 1. The minimum absolute atomic E-state index is 0.0994. The maximum atomic E-state index is 5.77. The topological polar surface area (TPSA) is 78.0 Å². The average Bonchev–Trinajstić information content (AvgIpc) is 2.96. The van der Waals surface area contributed by atoms with Crippen molar-refractivity contribution in [3.8, 4) is 0 Å². The number of rotatable bonds is 6. The van der Waals surface area contributed by atoms with Crippen LogP contribution in [0.1, 0.15) is 32.5 Å². The summed E-state index contributed by atoms with van der Waals surface area (Å²) in [6.07, 6.45) is 4.68. The lowest BCUT2D eigenvalue weighted by molar-refractivity contribution is 0.0601. The lowest BCUT2D eigenvalue weighted by Gasteiger charge is -2.25. The van der Waals surface area contributed by atoms with Gasteiger partial charge in [-0.25, -0.2) is 4.98 Å². The number of hydrazine groups is 1. The van der Waals surface area contributed by atoms with Crippen molar-refractivity contribution in [1.82, 2.24) is 20.2 Å². The third-order valence-corrected chi connectivity index (χ3v) is 3.59. The van der Waals surface area contributed by atoms with Crippen molar-refractivity contribution < 1.29 is 4.74 Å². The van der Waals surface area contributed by atoms with E-state index >= 15 is 0 Å². The average molecular weight is 253 g/mol. The highest BCUT2D eigenvalue weighted by molar-refractivity contribution is 4.94. The Bertz CT molecular complexity index is 367. The van der Waals surface area contributed by atoms with Crippen LogP contribution in [0.3, 0.4) is 0 Å². The van der Waals surface area contributed by atoms with Crippen LogP contribution >= 0.6 is 0 Å². The molecule has 3 unspecified atom stereocenters. The molecular weight excluding hydrogens is 230 g/mol. The molecule has 0 radical (unpaired) electrons. The molecule has 102 valence electrons. The Kier molecular flexibility index (Phi) is 4.68. The van der Waals surface area contributed by atoms with E-state index in [0.29, 0.717) is 5.92 Å². The normalized spacial score (nSPS) is 25.5. The number of nitrogens with two attached hydrogens (primary N) is 1. The molecule has 0 bridgehead atoms. The maximum Gasteiger partial charge on any atom is 0.138 e. The standard InChI is InChI=1S/C12H23N5O/c1-3-5-17-11(14-8-15-17)7-10(16-13)12-9(2)4-6-18-12/h8-10,12,16H,3-7,13H2,1-2H3. The van der Waals surface area contributed by atoms with Crippen LogP contribution in [0.2, 0.25) is 0 Å². The predicted octanol–water partition coefficient (Wildman–Crippen LogP) is 0.488. The van der Waals surface area contributed by atoms with E-state index in [4.69, 9.17) is 10.6 Å². The Morgan fingerprint density at radius 2 is 2.50 bits per heavy atom. The number of nitrogens with zero attached hydrogens (tertiary/aromatic N) is 3. The Balaban J connectivity index is 2.03. The van der Waals surface area contributed by atoms with E-state index in [1.54, 1.807) is 6.33 Å². The van der Waals surface area contributed by atoms with Gasteiger partial charge < -0.3 is 4.74 Å². The van der Waals surface area contributed by atoms with Gasteiger partial charge in [-0.2, -0.15) is 5.10 Å². The molecule has 6 heteroatoms. The summed E-state index contributed by atoms with van der Waals surface area (Å²) >= 11 is 0. The number of hydrogen-bond acceptors (Lipinski definition) is 5. The largest absolute Gasteiger partial charge is 0.376 e. The first-order chi connectivity index (χ1) is 8.76. The highest BCUT2D eigenvalue weighted by Gasteiger charge is 2.32. The van der Waals surface area contributed by atoms with Crippen LogP contribution in [0.4, 0.5) is 0 Å². The van der Waals surface area contributed by atoms with E-state index in [0.717, 1.165) is 38.2 Å². The summed E-state index contributed by atoms with van der Waals surface area (Å²) in [6, 6.07) is 0.0994. The minimum Gasteiger partial charge on any atom is -0.376 e. The molecule has 3 N–H and O–H groups in total. The third kappa shape index (κ3) is 2.88. The van der Waals surface area contributed by atoms with Gasteiger partial charge >= 0.3 is 0 Å². The van der Waals surface area contributed by atoms with Crippen molar-refractivity contribution in [2.75, 3.05) is 6.61 Å². The van der Waals surface area contributed by atoms with Crippen LogP contribution in [0.25, 0.3) is 0 Å². The van der Waals surface area contributed by atoms with Crippen molar-refractivity contribution in [3.05, 3.63) is 12.2 Å². The number of hydrogen-bond donors (Lipinski definition) is 2. The molecule has 18 heavy (non-hydrogen) atoms. The van der Waals surface area contributed by atoms with Crippen molar-refractivity contribution >= 4 is 0 Å². The van der Waals surface area contributed by atoms with E-state index in [-0.39, 0.29) is 12.1 Å². The van der Waals surface area contributed by atoms with Crippen molar-refractivity contribution in [1.29, 1.82) is 0 Å². The zero-order chi connectivity index (χ0) is 13.0. The lowest BCUT2D eigenvalue weighted by Crippen LogP contribution is -2.47. The first-order valence-corrected chi connectivity index (χ1v) is 6.70. The van der Waals surface area contributed by atoms with Gasteiger partial charge in [-0.1, -0.05) is 13.8 Å². The number of nitrogens with one attached hydrogen (secondary N) is 1. The highest BCUT2D eigenvalue weighted by Crippen LogP contribution is 2.24. The second-order valence-corrected chi connectivity index (χ2v) is 4.98. The van der Waals surface area contributed by atoms with Crippen molar-refractivity contribution in [2.45, 2.75) is 51.8 Å². The Labute approximate surface area is 108 Å². The molecule has 0 spiro atoms. The first kappa shape index (κ1) is 13.5. The molecular formula is C12H23N5O. The zero-order valence-electron chi connectivity index (χ0n) is 11.2. The molecule has 3 atom stereocenters. The van der Waals surface area contributed by atoms with E-state index in [2.05, 4.69) is 29.4 Å². The van der Waals surface area contributed by atoms with Gasteiger partial charge in [0.25, 0.3) is 0 Å². The van der Waals surface area contributed by atoms with Crippen molar-refractivity contribution in [3.63, 3.8) is 0 Å². The van der Waals surface area contributed by atoms with Crippen LogP contribution in [0, 0.1) is 5.92 Å². The van der Waals surface area contributed by atoms with Crippen LogP contribution in [-0.2, 0) is 17.7 Å². The SMILES string of the molecule is CCCn1ncnc1CC(NN)C1OCCC1C. The van der Waals surface area contributed by atoms with E-state index in [9.17, 15) is 0 Å². The molecule has 0 amide bonds. The summed E-state index contributed by atoms with van der Waals surface area (Å²) in [5.74, 6) is 7.18. The third-order valence-electron chi connectivity index (χ3n) is 3.59. The number of ether oxygens (including phenoxy) is 1. The predicted molar refractivity (Wildman–Crippen MR) is 68.6 cm³/mol. The maximum absolute atomic E-state index is 5.77. The summed E-state index contributed by atoms with van der Waals surface area (Å²) in [5.41, 5.74) is 2.88. The van der Waals surface area contributed by atoms with E-state index < -0.39 is 0 Å². The van der Waals surface area contributed by atoms with Crippen LogP contribution in [0.5, 0.6) is 0 Å². The summed E-state index contributed by atoms with van der Waals surface area (Å²) in [7, 11) is 0. The molecule has 0 aromatic carbocycles. The van der Waals surface area contributed by atoms with Gasteiger partial charge in [0.15, 0.2) is 0 Å². The lowest BCUT2D eigenvalue weighted by atomic mass is 9.96. The molecule has 2 heterocycles. The summed E-state index contributed by atoms with van der Waals surface area (Å²) in [6.45, 7) is 6.06. The van der Waals surface area contributed by atoms with Gasteiger partial charge in [-0.15, -0.1) is 0 Å². The Morgan fingerprint density at radius 3 is 3.11 bits per heavy atom. The fourth-order valence-corrected chi connectivity index (χ4v) is 2.54. The molecule has 1 fully saturated rings. The van der Waals surface area contributed by atoms with Crippen LogP contribution in [0.15, 0.2) is 6.33 Å². The number of aromatic nitrogens is 3. The molecule has 0 aliphatic carbocycles. The fourth-order valence-electron chi connectivity index (χ4n) is 2.54. The van der Waals surface area contributed by atoms with Gasteiger partial charge in [-0.05, 0) is 18.8 Å². The molecule has 1 aliphatic rings. The van der Waals surface area contributed by atoms with Gasteiger partial charge in [-0.3, -0.25) is 16.0 Å². The van der Waals surface area contributed by atoms with Gasteiger partial charge in [0.2, 0.25) is 0 Å². The Hall–Kier alpha value is -0.980. The van der Waals surface area contributed by atoms with Gasteiger partial charge in [0.1, 0.15) is 12.2 Å². The minimum atomic E-state index is 0.0994. The molecule has 6 nitrogen and oxygen atoms in total. The first-order valence-electron chi connectivity index (χ1n) is 6.70. The summed E-state index contributed by atoms with van der Waals surface area (Å²) in [5, 5.41) is 4.24. The monoisotopic (exact) mass is 253 g/mol. The summed E-state index contributed by atoms with van der Waals surface area (Å²) in [4.78, 5) is 4.32. The Morgan fingerprint density at radius 1 is 1.67 bits per heavy atom. The fraction of sp³-hybridized carbons (Fsp3) is 0.833. The second-order valence-electron chi connectivity index (χ2n) is 4.98. The summed E-state index contributed by atoms with van der Waals surface area (Å²) < 4.78 is 7.72. The molecule has 0 saturated carbocycles. The molecule has 1 aromatic heterocycles. The van der Waals surface area contributed by atoms with E-state index in [1.165, 1.54) is 0 Å². The highest BCUT2D eigenvalue weighted by atomic mass is 16.5. The molecule has 1 aliphatic heterocycles. The van der Waals surface area contributed by atoms with Crippen LogP contribution < -0.4 is 11.3 Å². The van der Waals surface area contributed by atoms with Crippen molar-refractivity contribution in [2.24, 2.45) is 11.8 Å². The molecule has 2 rings (SSSR count). The van der Waals surface area contributed by atoms with Gasteiger partial charge in [0, 0.05) is 19.6 Å². The second kappa shape index (κ2) is 6.26. The molecule has 1 aromatic rings. The zero-order valence-corrected chi connectivity index (χ0v) is 11.2. The van der Waals surface area contributed by atoms with Crippen LogP contribution in [-0.4, -0.2) is 33.5 Å². The van der Waals surface area contributed by atoms with Gasteiger partial charge in [0.05, 0.1) is 12.1 Å². The smallest absolute Gasteiger partial charge is 0.138 e. The molecule has 1 saturated heterocycles. The van der Waals surface area contributed by atoms with E-state index in [1.807, 2.05) is 4.68 Å².